The zero-order valence-electron chi connectivity index (χ0n) is 11.0. The summed E-state index contributed by atoms with van der Waals surface area (Å²) in [7, 11) is 0. The Morgan fingerprint density at radius 2 is 2.00 bits per heavy atom. The molecule has 1 aromatic carbocycles. The molecule has 0 amide bonds. The van der Waals surface area contributed by atoms with Crippen LogP contribution in [0.5, 0.6) is 0 Å². The molecule has 0 saturated carbocycles. The van der Waals surface area contributed by atoms with Crippen LogP contribution >= 0.6 is 0 Å². The Bertz CT molecular complexity index is 668. The van der Waals surface area contributed by atoms with E-state index in [1.54, 1.807) is 0 Å². The van der Waals surface area contributed by atoms with Crippen LogP contribution in [0.4, 0.5) is 0 Å². The van der Waals surface area contributed by atoms with Crippen molar-refractivity contribution in [2.24, 2.45) is 0 Å². The molecule has 0 spiro atoms. The number of benzene rings is 1. The van der Waals surface area contributed by atoms with Crippen molar-refractivity contribution in [3.8, 4) is 17.3 Å². The Morgan fingerprint density at radius 3 is 2.84 bits per heavy atom. The number of hydrogen-bond donors (Lipinski definition) is 0. The fourth-order valence-electron chi connectivity index (χ4n) is 2.66. The minimum atomic E-state index is 0.264. The number of nitrogens with zero attached hydrogens (tertiary/aromatic N) is 3. The van der Waals surface area contributed by atoms with E-state index in [-0.39, 0.29) is 6.42 Å². The van der Waals surface area contributed by atoms with E-state index in [0.29, 0.717) is 5.82 Å². The molecule has 19 heavy (non-hydrogen) atoms. The summed E-state index contributed by atoms with van der Waals surface area (Å²) in [5.41, 5.74) is 5.87. The first-order valence-corrected chi connectivity index (χ1v) is 6.60. The lowest BCUT2D eigenvalue weighted by Gasteiger charge is -2.06. The van der Waals surface area contributed by atoms with Crippen molar-refractivity contribution in [2.75, 3.05) is 0 Å². The third-order valence-electron chi connectivity index (χ3n) is 3.53. The molecule has 3 nitrogen and oxygen atoms in total. The Morgan fingerprint density at radius 1 is 1.16 bits per heavy atom. The quantitative estimate of drug-likeness (QED) is 0.822. The minimum absolute atomic E-state index is 0.264. The molecule has 1 aromatic heterocycles. The predicted molar refractivity (Wildman–Crippen MR) is 73.5 cm³/mol. The second-order valence-corrected chi connectivity index (χ2v) is 4.98. The van der Waals surface area contributed by atoms with E-state index in [9.17, 15) is 0 Å². The first-order chi connectivity index (χ1) is 9.26. The van der Waals surface area contributed by atoms with Crippen molar-refractivity contribution in [3.63, 3.8) is 0 Å². The maximum absolute atomic E-state index is 8.77. The van der Waals surface area contributed by atoms with Gasteiger partial charge in [0.15, 0.2) is 0 Å². The summed E-state index contributed by atoms with van der Waals surface area (Å²) >= 11 is 0. The van der Waals surface area contributed by atoms with E-state index < -0.39 is 0 Å². The minimum Gasteiger partial charge on any atom is -0.237 e. The van der Waals surface area contributed by atoms with E-state index in [0.717, 1.165) is 23.4 Å². The third-order valence-corrected chi connectivity index (χ3v) is 3.53. The van der Waals surface area contributed by atoms with Crippen molar-refractivity contribution < 1.29 is 0 Å². The van der Waals surface area contributed by atoms with Gasteiger partial charge < -0.3 is 0 Å². The van der Waals surface area contributed by atoms with E-state index in [2.05, 4.69) is 34.2 Å². The zero-order chi connectivity index (χ0) is 13.2. The molecular weight excluding hydrogens is 234 g/mol. The highest BCUT2D eigenvalue weighted by Crippen LogP contribution is 2.27. The number of rotatable bonds is 2. The summed E-state index contributed by atoms with van der Waals surface area (Å²) in [6.45, 7) is 1.94. The molecule has 94 valence electrons. The normalized spacial score (nSPS) is 13.1. The molecule has 0 bridgehead atoms. The molecule has 0 aliphatic heterocycles. The molecule has 1 heterocycles. The first-order valence-electron chi connectivity index (χ1n) is 6.60. The Kier molecular flexibility index (Phi) is 3.00. The average Bonchev–Trinajstić information content (AvgIpc) is 2.85. The molecule has 2 aromatic rings. The molecule has 3 heteroatoms. The topological polar surface area (TPSA) is 49.6 Å². The SMILES string of the molecule is Cc1cc(-c2ccc3c(c2)CCC3)nc(CC#N)n1. The Hall–Kier alpha value is -2.21. The fourth-order valence-corrected chi connectivity index (χ4v) is 2.66. The summed E-state index contributed by atoms with van der Waals surface area (Å²) in [6.07, 6.45) is 3.87. The lowest BCUT2D eigenvalue weighted by atomic mass is 10.0. The van der Waals surface area contributed by atoms with Crippen molar-refractivity contribution in [3.05, 3.63) is 46.9 Å². The summed E-state index contributed by atoms with van der Waals surface area (Å²) in [6, 6.07) is 10.7. The number of aromatic nitrogens is 2. The summed E-state index contributed by atoms with van der Waals surface area (Å²) in [4.78, 5) is 8.77. The lowest BCUT2D eigenvalue weighted by Crippen LogP contribution is -1.98. The van der Waals surface area contributed by atoms with Crippen molar-refractivity contribution in [2.45, 2.75) is 32.6 Å². The number of nitriles is 1. The average molecular weight is 249 g/mol. The van der Waals surface area contributed by atoms with E-state index >= 15 is 0 Å². The highest BCUT2D eigenvalue weighted by atomic mass is 14.9. The van der Waals surface area contributed by atoms with E-state index in [1.807, 2.05) is 13.0 Å². The van der Waals surface area contributed by atoms with Crippen molar-refractivity contribution in [1.29, 1.82) is 5.26 Å². The van der Waals surface area contributed by atoms with Gasteiger partial charge in [0.1, 0.15) is 5.82 Å². The summed E-state index contributed by atoms with van der Waals surface area (Å²) in [5, 5.41) is 8.77. The maximum Gasteiger partial charge on any atom is 0.143 e. The van der Waals surface area contributed by atoms with Gasteiger partial charge in [-0.3, -0.25) is 0 Å². The van der Waals surface area contributed by atoms with Crippen molar-refractivity contribution in [1.82, 2.24) is 9.97 Å². The van der Waals surface area contributed by atoms with Crippen LogP contribution in [0.15, 0.2) is 24.3 Å². The third kappa shape index (κ3) is 2.34. The molecule has 0 N–H and O–H groups in total. The number of aryl methyl sites for hydroxylation is 3. The standard InChI is InChI=1S/C16H15N3/c1-11-9-15(19-16(18-11)7-8-17)14-6-5-12-3-2-4-13(12)10-14/h5-6,9-10H,2-4,7H2,1H3. The van der Waals surface area contributed by atoms with E-state index in [4.69, 9.17) is 5.26 Å². The highest BCUT2D eigenvalue weighted by molar-refractivity contribution is 5.62. The van der Waals surface area contributed by atoms with Gasteiger partial charge in [-0.1, -0.05) is 12.1 Å². The van der Waals surface area contributed by atoms with Gasteiger partial charge >= 0.3 is 0 Å². The monoisotopic (exact) mass is 249 g/mol. The van der Waals surface area contributed by atoms with Crippen LogP contribution in [-0.4, -0.2) is 9.97 Å². The van der Waals surface area contributed by atoms with Gasteiger partial charge in [0.25, 0.3) is 0 Å². The van der Waals surface area contributed by atoms with Crippen LogP contribution in [0.2, 0.25) is 0 Å². The molecular formula is C16H15N3. The van der Waals surface area contributed by atoms with Gasteiger partial charge in [-0.25, -0.2) is 9.97 Å². The van der Waals surface area contributed by atoms with Crippen LogP contribution in [0.3, 0.4) is 0 Å². The van der Waals surface area contributed by atoms with Crippen LogP contribution in [0.1, 0.15) is 29.1 Å². The summed E-state index contributed by atoms with van der Waals surface area (Å²) in [5.74, 6) is 0.609. The second-order valence-electron chi connectivity index (χ2n) is 4.98. The molecule has 3 rings (SSSR count). The summed E-state index contributed by atoms with van der Waals surface area (Å²) < 4.78 is 0. The first kappa shape index (κ1) is 11.9. The predicted octanol–water partition coefficient (Wildman–Crippen LogP) is 3.01. The molecule has 1 aliphatic carbocycles. The van der Waals surface area contributed by atoms with Gasteiger partial charge in [0.2, 0.25) is 0 Å². The van der Waals surface area contributed by atoms with Gasteiger partial charge in [-0.15, -0.1) is 0 Å². The van der Waals surface area contributed by atoms with Gasteiger partial charge in [0.05, 0.1) is 18.2 Å². The van der Waals surface area contributed by atoms with Crippen LogP contribution in [0.25, 0.3) is 11.3 Å². The Balaban J connectivity index is 2.04. The molecule has 1 aliphatic rings. The molecule has 0 fully saturated rings. The molecule has 0 unspecified atom stereocenters. The van der Waals surface area contributed by atoms with Crippen LogP contribution < -0.4 is 0 Å². The lowest BCUT2D eigenvalue weighted by molar-refractivity contribution is 0.912. The van der Waals surface area contributed by atoms with Gasteiger partial charge in [-0.05, 0) is 49.4 Å². The highest BCUT2D eigenvalue weighted by Gasteiger charge is 2.12. The second kappa shape index (κ2) is 4.81. The van der Waals surface area contributed by atoms with Crippen LogP contribution in [-0.2, 0) is 19.3 Å². The smallest absolute Gasteiger partial charge is 0.143 e. The Labute approximate surface area is 113 Å². The fraction of sp³-hybridized carbons (Fsp3) is 0.312. The molecule has 0 saturated heterocycles. The molecule has 0 atom stereocenters. The maximum atomic E-state index is 8.77. The molecule has 0 radical (unpaired) electrons. The largest absolute Gasteiger partial charge is 0.237 e. The van der Waals surface area contributed by atoms with Gasteiger partial charge in [-0.2, -0.15) is 5.26 Å². The van der Waals surface area contributed by atoms with Crippen LogP contribution in [0, 0.1) is 18.3 Å². The number of fused-ring (bicyclic) bond motifs is 1. The zero-order valence-corrected chi connectivity index (χ0v) is 11.0. The number of hydrogen-bond acceptors (Lipinski definition) is 3. The van der Waals surface area contributed by atoms with Crippen molar-refractivity contribution >= 4 is 0 Å². The van der Waals surface area contributed by atoms with E-state index in [1.165, 1.54) is 24.0 Å². The van der Waals surface area contributed by atoms with Gasteiger partial charge in [0, 0.05) is 11.3 Å².